The van der Waals surface area contributed by atoms with Crippen LogP contribution in [0.1, 0.15) is 32.1 Å². The summed E-state index contributed by atoms with van der Waals surface area (Å²) >= 11 is 0. The summed E-state index contributed by atoms with van der Waals surface area (Å²) in [6.07, 6.45) is 6.44. The van der Waals surface area contributed by atoms with E-state index >= 15 is 0 Å². The van der Waals surface area contributed by atoms with Crippen molar-refractivity contribution in [3.63, 3.8) is 0 Å². The summed E-state index contributed by atoms with van der Waals surface area (Å²) in [5.41, 5.74) is 1.25. The van der Waals surface area contributed by atoms with Gasteiger partial charge in [-0.3, -0.25) is 4.99 Å². The van der Waals surface area contributed by atoms with Gasteiger partial charge in [-0.2, -0.15) is 0 Å². The van der Waals surface area contributed by atoms with E-state index < -0.39 is 0 Å². The topological polar surface area (TPSA) is 48.9 Å². The van der Waals surface area contributed by atoms with Crippen LogP contribution < -0.4 is 20.3 Å². The molecule has 0 amide bonds. The summed E-state index contributed by atoms with van der Waals surface area (Å²) in [6, 6.07) is 8.95. The van der Waals surface area contributed by atoms with Gasteiger partial charge in [-0.15, -0.1) is 24.0 Å². The van der Waals surface area contributed by atoms with Crippen molar-refractivity contribution in [1.82, 2.24) is 10.6 Å². The van der Waals surface area contributed by atoms with E-state index in [9.17, 15) is 0 Å². The van der Waals surface area contributed by atoms with Crippen LogP contribution >= 0.6 is 24.0 Å². The molecule has 6 heteroatoms. The molecule has 1 aromatic rings. The summed E-state index contributed by atoms with van der Waals surface area (Å²) in [6.45, 7) is 3.17. The predicted octanol–water partition coefficient (Wildman–Crippen LogP) is 3.25. The lowest BCUT2D eigenvalue weighted by molar-refractivity contribution is 0.415. The Balaban J connectivity index is 0.00000225. The van der Waals surface area contributed by atoms with E-state index in [0.717, 1.165) is 31.3 Å². The van der Waals surface area contributed by atoms with Crippen molar-refractivity contribution in [1.29, 1.82) is 0 Å². The van der Waals surface area contributed by atoms with Gasteiger partial charge in [0.2, 0.25) is 0 Å². The number of ether oxygens (including phenoxy) is 1. The lowest BCUT2D eigenvalue weighted by Gasteiger charge is -2.21. The first kappa shape index (κ1) is 20.1. The van der Waals surface area contributed by atoms with Crippen molar-refractivity contribution in [2.45, 2.75) is 38.1 Å². The van der Waals surface area contributed by atoms with E-state index in [1.807, 2.05) is 13.1 Å². The SMILES string of the molecule is CN=C(NCC1CCN(c2cccc(OC)c2)C1)NC1CCCC1.I. The number of benzene rings is 1. The molecule has 1 unspecified atom stereocenters. The Kier molecular flexibility index (Phi) is 8.12. The highest BCUT2D eigenvalue weighted by Crippen LogP contribution is 2.26. The van der Waals surface area contributed by atoms with Crippen LogP contribution in [0.15, 0.2) is 29.3 Å². The molecule has 1 aliphatic carbocycles. The van der Waals surface area contributed by atoms with Crippen LogP contribution in [0.25, 0.3) is 0 Å². The highest BCUT2D eigenvalue weighted by atomic mass is 127. The molecule has 0 aromatic heterocycles. The third-order valence-corrected chi connectivity index (χ3v) is 5.18. The van der Waals surface area contributed by atoms with E-state index in [0.29, 0.717) is 12.0 Å². The summed E-state index contributed by atoms with van der Waals surface area (Å²) < 4.78 is 5.34. The van der Waals surface area contributed by atoms with Crippen molar-refractivity contribution in [2.75, 3.05) is 38.7 Å². The van der Waals surface area contributed by atoms with Crippen LogP contribution in [0.4, 0.5) is 5.69 Å². The fraction of sp³-hybridized carbons (Fsp3) is 0.632. The molecule has 1 aliphatic heterocycles. The first-order valence-corrected chi connectivity index (χ1v) is 9.14. The fourth-order valence-electron chi connectivity index (χ4n) is 3.74. The van der Waals surface area contributed by atoms with Gasteiger partial charge < -0.3 is 20.3 Å². The maximum absolute atomic E-state index is 5.34. The highest BCUT2D eigenvalue weighted by molar-refractivity contribution is 14.0. The molecule has 25 heavy (non-hydrogen) atoms. The fourth-order valence-corrected chi connectivity index (χ4v) is 3.74. The second-order valence-electron chi connectivity index (χ2n) is 6.88. The smallest absolute Gasteiger partial charge is 0.191 e. The number of anilines is 1. The number of guanidine groups is 1. The van der Waals surface area contributed by atoms with Gasteiger partial charge in [0, 0.05) is 44.5 Å². The summed E-state index contributed by atoms with van der Waals surface area (Å²) in [5.74, 6) is 2.54. The molecule has 1 aromatic carbocycles. The van der Waals surface area contributed by atoms with Crippen molar-refractivity contribution >= 4 is 35.6 Å². The van der Waals surface area contributed by atoms with Crippen molar-refractivity contribution in [3.05, 3.63) is 24.3 Å². The minimum atomic E-state index is 0. The van der Waals surface area contributed by atoms with Crippen LogP contribution in [0.2, 0.25) is 0 Å². The number of nitrogens with zero attached hydrogens (tertiary/aromatic N) is 2. The zero-order valence-electron chi connectivity index (χ0n) is 15.3. The first-order chi connectivity index (χ1) is 11.8. The van der Waals surface area contributed by atoms with Crippen LogP contribution in [-0.2, 0) is 0 Å². The number of nitrogens with one attached hydrogen (secondary N) is 2. The minimum absolute atomic E-state index is 0. The Morgan fingerprint density at radius 2 is 2.08 bits per heavy atom. The van der Waals surface area contributed by atoms with Crippen molar-refractivity contribution < 1.29 is 4.74 Å². The molecule has 1 saturated carbocycles. The van der Waals surface area contributed by atoms with E-state index in [1.165, 1.54) is 37.8 Å². The van der Waals surface area contributed by atoms with Gasteiger partial charge in [0.1, 0.15) is 5.75 Å². The Hall–Kier alpha value is -1.18. The third kappa shape index (κ3) is 5.66. The quantitative estimate of drug-likeness (QED) is 0.404. The van der Waals surface area contributed by atoms with Crippen LogP contribution in [0.5, 0.6) is 5.75 Å². The molecule has 0 radical (unpaired) electrons. The second kappa shape index (κ2) is 10.1. The lowest BCUT2D eigenvalue weighted by atomic mass is 10.1. The second-order valence-corrected chi connectivity index (χ2v) is 6.88. The largest absolute Gasteiger partial charge is 0.497 e. The summed E-state index contributed by atoms with van der Waals surface area (Å²) in [7, 11) is 3.58. The molecule has 3 rings (SSSR count). The van der Waals surface area contributed by atoms with Gasteiger partial charge in [-0.1, -0.05) is 18.9 Å². The average Bonchev–Trinajstić information content (AvgIpc) is 3.30. The summed E-state index contributed by atoms with van der Waals surface area (Å²) in [4.78, 5) is 6.82. The van der Waals surface area contributed by atoms with Crippen molar-refractivity contribution in [2.24, 2.45) is 10.9 Å². The molecular formula is C19H31IN4O. The summed E-state index contributed by atoms with van der Waals surface area (Å²) in [5, 5.41) is 7.08. The van der Waals surface area contributed by atoms with Gasteiger partial charge in [0.25, 0.3) is 0 Å². The molecule has 2 N–H and O–H groups in total. The van der Waals surface area contributed by atoms with E-state index in [4.69, 9.17) is 4.74 Å². The predicted molar refractivity (Wildman–Crippen MR) is 115 cm³/mol. The maximum atomic E-state index is 5.34. The third-order valence-electron chi connectivity index (χ3n) is 5.18. The standard InChI is InChI=1S/C19H30N4O.HI/c1-20-19(22-16-6-3-4-7-16)21-13-15-10-11-23(14-15)17-8-5-9-18(12-17)24-2;/h5,8-9,12,15-16H,3-4,6-7,10-11,13-14H2,1-2H3,(H2,20,21,22);1H. The number of halogens is 1. The normalized spacial score (nSPS) is 21.1. The molecule has 140 valence electrons. The minimum Gasteiger partial charge on any atom is -0.497 e. The average molecular weight is 458 g/mol. The van der Waals surface area contributed by atoms with E-state index in [1.54, 1.807) is 7.11 Å². The Morgan fingerprint density at radius 3 is 2.80 bits per heavy atom. The maximum Gasteiger partial charge on any atom is 0.191 e. The van der Waals surface area contributed by atoms with Crippen LogP contribution in [0, 0.1) is 5.92 Å². The molecule has 2 aliphatic rings. The Bertz CT molecular complexity index is 560. The number of aliphatic imine (C=N–C) groups is 1. The highest BCUT2D eigenvalue weighted by Gasteiger charge is 2.23. The van der Waals surface area contributed by atoms with Gasteiger partial charge >= 0.3 is 0 Å². The molecule has 0 bridgehead atoms. The zero-order valence-corrected chi connectivity index (χ0v) is 17.7. The first-order valence-electron chi connectivity index (χ1n) is 9.14. The van der Waals surface area contributed by atoms with E-state index in [-0.39, 0.29) is 24.0 Å². The lowest BCUT2D eigenvalue weighted by Crippen LogP contribution is -2.44. The van der Waals surface area contributed by atoms with Gasteiger partial charge in [-0.05, 0) is 37.3 Å². The molecular weight excluding hydrogens is 427 g/mol. The monoisotopic (exact) mass is 458 g/mol. The number of methoxy groups -OCH3 is 1. The Morgan fingerprint density at radius 1 is 1.28 bits per heavy atom. The molecule has 1 atom stereocenters. The molecule has 0 spiro atoms. The van der Waals surface area contributed by atoms with Gasteiger partial charge in [0.15, 0.2) is 5.96 Å². The number of hydrogen-bond acceptors (Lipinski definition) is 3. The number of hydrogen-bond donors (Lipinski definition) is 2. The Labute approximate surface area is 168 Å². The zero-order chi connectivity index (χ0) is 16.8. The number of rotatable bonds is 5. The molecule has 1 saturated heterocycles. The van der Waals surface area contributed by atoms with Gasteiger partial charge in [0.05, 0.1) is 7.11 Å². The molecule has 2 fully saturated rings. The van der Waals surface area contributed by atoms with Crippen molar-refractivity contribution in [3.8, 4) is 5.75 Å². The molecule has 5 nitrogen and oxygen atoms in total. The van der Waals surface area contributed by atoms with Crippen LogP contribution in [-0.4, -0.2) is 45.8 Å². The van der Waals surface area contributed by atoms with E-state index in [2.05, 4.69) is 38.7 Å². The van der Waals surface area contributed by atoms with Gasteiger partial charge in [-0.25, -0.2) is 0 Å². The molecule has 1 heterocycles. The van der Waals surface area contributed by atoms with Crippen LogP contribution in [0.3, 0.4) is 0 Å².